The summed E-state index contributed by atoms with van der Waals surface area (Å²) in [5.74, 6) is 0.645. The van der Waals surface area contributed by atoms with Crippen molar-refractivity contribution in [3.05, 3.63) is 53.6 Å². The number of rotatable bonds is 3. The Hall–Kier alpha value is -3.13. The number of aromatic nitrogens is 4. The number of amides is 2. The minimum atomic E-state index is -0.112. The summed E-state index contributed by atoms with van der Waals surface area (Å²) in [5.41, 5.74) is 2.64. The number of carbonyl (C=O) groups excluding carboxylic acids is 1. The standard InChI is InChI=1S/C19H20ClN7O/c1-25-18(22-23-24-25)14-4-2-6-16(12-14)21-19(28)27-10-8-26(9-11-27)17-7-3-5-15(20)13-17/h2-7,12-13H,8-11H2,1H3,(H,21,28). The molecule has 1 aliphatic rings. The molecule has 0 bridgehead atoms. The Bertz CT molecular complexity index is 982. The highest BCUT2D eigenvalue weighted by Crippen LogP contribution is 2.22. The van der Waals surface area contributed by atoms with Crippen LogP contribution in [0.3, 0.4) is 0 Å². The summed E-state index contributed by atoms with van der Waals surface area (Å²) < 4.78 is 1.59. The number of halogens is 1. The molecule has 0 radical (unpaired) electrons. The van der Waals surface area contributed by atoms with Gasteiger partial charge in [-0.05, 0) is 40.8 Å². The van der Waals surface area contributed by atoms with E-state index >= 15 is 0 Å². The molecule has 0 atom stereocenters. The number of urea groups is 1. The van der Waals surface area contributed by atoms with E-state index in [1.54, 1.807) is 11.7 Å². The molecule has 4 rings (SSSR count). The Morgan fingerprint density at radius 1 is 1.07 bits per heavy atom. The third-order valence-electron chi connectivity index (χ3n) is 4.73. The molecule has 1 saturated heterocycles. The Balaban J connectivity index is 1.38. The van der Waals surface area contributed by atoms with E-state index < -0.39 is 0 Å². The normalized spacial score (nSPS) is 14.2. The molecule has 8 nitrogen and oxygen atoms in total. The van der Waals surface area contributed by atoms with Crippen molar-refractivity contribution in [2.24, 2.45) is 7.05 Å². The first kappa shape index (κ1) is 18.2. The maximum Gasteiger partial charge on any atom is 0.321 e. The fourth-order valence-electron chi connectivity index (χ4n) is 3.25. The summed E-state index contributed by atoms with van der Waals surface area (Å²) in [7, 11) is 1.78. The lowest BCUT2D eigenvalue weighted by Crippen LogP contribution is -2.50. The van der Waals surface area contributed by atoms with Crippen LogP contribution in [0.4, 0.5) is 16.2 Å². The predicted molar refractivity (Wildman–Crippen MR) is 108 cm³/mol. The number of aryl methyl sites for hydroxylation is 1. The summed E-state index contributed by atoms with van der Waals surface area (Å²) >= 11 is 6.08. The average molecular weight is 398 g/mol. The number of hydrogen-bond donors (Lipinski definition) is 1. The number of hydrogen-bond acceptors (Lipinski definition) is 5. The maximum atomic E-state index is 12.7. The smallest absolute Gasteiger partial charge is 0.321 e. The fourth-order valence-corrected chi connectivity index (χ4v) is 3.44. The molecule has 9 heteroatoms. The zero-order chi connectivity index (χ0) is 19.5. The van der Waals surface area contributed by atoms with Crippen LogP contribution in [0.1, 0.15) is 0 Å². The van der Waals surface area contributed by atoms with Gasteiger partial charge in [-0.25, -0.2) is 9.48 Å². The molecule has 3 aromatic rings. The van der Waals surface area contributed by atoms with Crippen LogP contribution in [0.5, 0.6) is 0 Å². The number of nitrogens with zero attached hydrogens (tertiary/aromatic N) is 6. The Morgan fingerprint density at radius 2 is 1.86 bits per heavy atom. The van der Waals surface area contributed by atoms with E-state index in [-0.39, 0.29) is 6.03 Å². The topological polar surface area (TPSA) is 79.2 Å². The first-order valence-corrected chi connectivity index (χ1v) is 9.37. The minimum absolute atomic E-state index is 0.112. The summed E-state index contributed by atoms with van der Waals surface area (Å²) in [6.45, 7) is 2.81. The predicted octanol–water partition coefficient (Wildman–Crippen LogP) is 2.88. The summed E-state index contributed by atoms with van der Waals surface area (Å²) in [6.07, 6.45) is 0. The van der Waals surface area contributed by atoms with Gasteiger partial charge in [0.25, 0.3) is 0 Å². The summed E-state index contributed by atoms with van der Waals surface area (Å²) in [5, 5.41) is 15.2. The lowest BCUT2D eigenvalue weighted by atomic mass is 10.2. The van der Waals surface area contributed by atoms with Gasteiger partial charge in [-0.15, -0.1) is 5.10 Å². The van der Waals surface area contributed by atoms with Crippen molar-refractivity contribution in [3.63, 3.8) is 0 Å². The lowest BCUT2D eigenvalue weighted by Gasteiger charge is -2.36. The Kier molecular flexibility index (Phi) is 5.12. The second-order valence-corrected chi connectivity index (χ2v) is 7.03. The number of anilines is 2. The third kappa shape index (κ3) is 3.91. The van der Waals surface area contributed by atoms with Crippen molar-refractivity contribution in [2.75, 3.05) is 36.4 Å². The van der Waals surface area contributed by atoms with Crippen LogP contribution >= 0.6 is 11.6 Å². The highest BCUT2D eigenvalue weighted by Gasteiger charge is 2.21. The fraction of sp³-hybridized carbons (Fsp3) is 0.263. The van der Waals surface area contributed by atoms with E-state index in [0.29, 0.717) is 24.6 Å². The number of nitrogens with one attached hydrogen (secondary N) is 1. The largest absolute Gasteiger partial charge is 0.368 e. The van der Waals surface area contributed by atoms with Gasteiger partial charge in [0.15, 0.2) is 5.82 Å². The molecule has 0 aliphatic carbocycles. The van der Waals surface area contributed by atoms with Crippen LogP contribution < -0.4 is 10.2 Å². The molecular formula is C19H20ClN7O. The van der Waals surface area contributed by atoms with E-state index in [1.165, 1.54) is 0 Å². The van der Waals surface area contributed by atoms with Gasteiger partial charge in [-0.2, -0.15) is 0 Å². The SMILES string of the molecule is Cn1nnnc1-c1cccc(NC(=O)N2CCN(c3cccc(Cl)c3)CC2)c1. The highest BCUT2D eigenvalue weighted by molar-refractivity contribution is 6.30. The van der Waals surface area contributed by atoms with Gasteiger partial charge >= 0.3 is 6.03 Å². The molecular weight excluding hydrogens is 378 g/mol. The van der Waals surface area contributed by atoms with Gasteiger partial charge in [0, 0.05) is 55.2 Å². The van der Waals surface area contributed by atoms with Crippen LogP contribution in [-0.2, 0) is 7.05 Å². The van der Waals surface area contributed by atoms with Crippen LogP contribution in [0.15, 0.2) is 48.5 Å². The van der Waals surface area contributed by atoms with Crippen LogP contribution in [-0.4, -0.2) is 57.3 Å². The second-order valence-electron chi connectivity index (χ2n) is 6.59. The van der Waals surface area contributed by atoms with Crippen LogP contribution in [0.2, 0.25) is 5.02 Å². The van der Waals surface area contributed by atoms with E-state index in [1.807, 2.05) is 53.4 Å². The van der Waals surface area contributed by atoms with Crippen molar-refractivity contribution in [1.29, 1.82) is 0 Å². The zero-order valence-corrected chi connectivity index (χ0v) is 16.2. The van der Waals surface area contributed by atoms with Crippen molar-refractivity contribution in [3.8, 4) is 11.4 Å². The van der Waals surface area contributed by atoms with Gasteiger partial charge in [0.1, 0.15) is 0 Å². The molecule has 0 spiro atoms. The van der Waals surface area contributed by atoms with Gasteiger partial charge in [-0.1, -0.05) is 29.8 Å². The monoisotopic (exact) mass is 397 g/mol. The molecule has 144 valence electrons. The van der Waals surface area contributed by atoms with Gasteiger partial charge in [-0.3, -0.25) is 0 Å². The Morgan fingerprint density at radius 3 is 2.57 bits per heavy atom. The summed E-state index contributed by atoms with van der Waals surface area (Å²) in [4.78, 5) is 16.7. The highest BCUT2D eigenvalue weighted by atomic mass is 35.5. The van der Waals surface area contributed by atoms with Gasteiger partial charge in [0.2, 0.25) is 0 Å². The van der Waals surface area contributed by atoms with Crippen molar-refractivity contribution < 1.29 is 4.79 Å². The molecule has 1 N–H and O–H groups in total. The van der Waals surface area contributed by atoms with Crippen LogP contribution in [0, 0.1) is 0 Å². The molecule has 2 aromatic carbocycles. The number of tetrazole rings is 1. The molecule has 2 heterocycles. The number of piperazine rings is 1. The molecule has 2 amide bonds. The summed E-state index contributed by atoms with van der Waals surface area (Å²) in [6, 6.07) is 15.2. The second kappa shape index (κ2) is 7.85. The first-order chi connectivity index (χ1) is 13.6. The zero-order valence-electron chi connectivity index (χ0n) is 15.4. The number of benzene rings is 2. The van der Waals surface area contributed by atoms with E-state index in [0.717, 1.165) is 29.4 Å². The third-order valence-corrected chi connectivity index (χ3v) is 4.97. The molecule has 28 heavy (non-hydrogen) atoms. The first-order valence-electron chi connectivity index (χ1n) is 8.99. The van der Waals surface area contributed by atoms with Gasteiger partial charge in [0.05, 0.1) is 0 Å². The van der Waals surface area contributed by atoms with Crippen LogP contribution in [0.25, 0.3) is 11.4 Å². The lowest BCUT2D eigenvalue weighted by molar-refractivity contribution is 0.208. The van der Waals surface area contributed by atoms with E-state index in [9.17, 15) is 4.79 Å². The molecule has 0 saturated carbocycles. The maximum absolute atomic E-state index is 12.7. The molecule has 0 unspecified atom stereocenters. The Labute approximate surface area is 167 Å². The van der Waals surface area contributed by atoms with Crippen molar-refractivity contribution in [1.82, 2.24) is 25.1 Å². The van der Waals surface area contributed by atoms with Crippen molar-refractivity contribution in [2.45, 2.75) is 0 Å². The number of carbonyl (C=O) groups is 1. The van der Waals surface area contributed by atoms with Crippen molar-refractivity contribution >= 4 is 29.0 Å². The molecule has 1 aliphatic heterocycles. The van der Waals surface area contributed by atoms with E-state index in [2.05, 4.69) is 25.7 Å². The molecule has 1 aromatic heterocycles. The van der Waals surface area contributed by atoms with E-state index in [4.69, 9.17) is 11.6 Å². The average Bonchev–Trinajstić information content (AvgIpc) is 3.14. The quantitative estimate of drug-likeness (QED) is 0.735. The minimum Gasteiger partial charge on any atom is -0.368 e. The molecule has 1 fully saturated rings. The van der Waals surface area contributed by atoms with Gasteiger partial charge < -0.3 is 15.1 Å².